The van der Waals surface area contributed by atoms with Crippen LogP contribution in [0.4, 0.5) is 5.82 Å². The van der Waals surface area contributed by atoms with Gasteiger partial charge < -0.3 is 15.5 Å². The number of piperidine rings is 1. The molecular formula is C16H20N8O2. The normalized spacial score (nSPS) is 18.6. The van der Waals surface area contributed by atoms with Gasteiger partial charge in [-0.25, -0.2) is 19.6 Å². The molecule has 10 nitrogen and oxygen atoms in total. The Bertz CT molecular complexity index is 794. The summed E-state index contributed by atoms with van der Waals surface area (Å²) in [5, 5.41) is 4.06. The number of nitrogens with two attached hydrogens (primary N) is 1. The van der Waals surface area contributed by atoms with Crippen LogP contribution in [0.2, 0.25) is 0 Å². The van der Waals surface area contributed by atoms with E-state index in [4.69, 9.17) is 5.73 Å². The van der Waals surface area contributed by atoms with Gasteiger partial charge in [0.05, 0.1) is 5.92 Å². The van der Waals surface area contributed by atoms with Crippen molar-refractivity contribution in [3.8, 4) is 5.82 Å². The van der Waals surface area contributed by atoms with E-state index in [1.54, 1.807) is 11.0 Å². The average Bonchev–Trinajstić information content (AvgIpc) is 3.15. The Balaban J connectivity index is 1.34. The topological polar surface area (TPSA) is 123 Å². The van der Waals surface area contributed by atoms with E-state index in [1.807, 2.05) is 15.9 Å². The molecule has 0 aromatic carbocycles. The van der Waals surface area contributed by atoms with Crippen molar-refractivity contribution in [3.05, 3.63) is 25.0 Å². The van der Waals surface area contributed by atoms with E-state index in [0.29, 0.717) is 44.8 Å². The van der Waals surface area contributed by atoms with Gasteiger partial charge in [0.2, 0.25) is 11.8 Å². The van der Waals surface area contributed by atoms with E-state index in [-0.39, 0.29) is 23.7 Å². The molecule has 2 aromatic rings. The number of likely N-dealkylation sites (tertiary alicyclic amines) is 1. The smallest absolute Gasteiger partial charge is 0.229 e. The summed E-state index contributed by atoms with van der Waals surface area (Å²) in [6.45, 7) is 2.46. The number of hydrogen-bond acceptors (Lipinski definition) is 7. The molecule has 26 heavy (non-hydrogen) atoms. The van der Waals surface area contributed by atoms with E-state index in [1.165, 1.54) is 12.7 Å². The molecule has 4 rings (SSSR count). The van der Waals surface area contributed by atoms with Crippen LogP contribution in [-0.2, 0) is 9.59 Å². The fraction of sp³-hybridized carbons (Fsp3) is 0.500. The third-order valence-electron chi connectivity index (χ3n) is 5.06. The minimum atomic E-state index is -0.265. The van der Waals surface area contributed by atoms with Crippen LogP contribution in [0.15, 0.2) is 25.0 Å². The molecule has 4 heterocycles. The van der Waals surface area contributed by atoms with E-state index in [0.717, 1.165) is 5.82 Å². The number of primary amides is 1. The zero-order valence-electron chi connectivity index (χ0n) is 14.2. The van der Waals surface area contributed by atoms with Gasteiger partial charge in [-0.15, -0.1) is 0 Å². The Labute approximate surface area is 150 Å². The van der Waals surface area contributed by atoms with Crippen LogP contribution >= 0.6 is 0 Å². The summed E-state index contributed by atoms with van der Waals surface area (Å²) in [6, 6.07) is 1.83. The van der Waals surface area contributed by atoms with Crippen LogP contribution in [0.5, 0.6) is 0 Å². The van der Waals surface area contributed by atoms with Crippen LogP contribution in [-0.4, -0.2) is 67.6 Å². The minimum absolute atomic E-state index is 0.0371. The molecule has 0 saturated carbocycles. The number of carbonyl (C=O) groups is 2. The van der Waals surface area contributed by atoms with Crippen LogP contribution < -0.4 is 10.6 Å². The highest BCUT2D eigenvalue weighted by Gasteiger charge is 2.37. The van der Waals surface area contributed by atoms with Crippen LogP contribution in [0.1, 0.15) is 12.8 Å². The van der Waals surface area contributed by atoms with Crippen molar-refractivity contribution < 1.29 is 9.59 Å². The van der Waals surface area contributed by atoms with Crippen molar-refractivity contribution in [3.63, 3.8) is 0 Å². The summed E-state index contributed by atoms with van der Waals surface area (Å²) in [6.07, 6.45) is 5.82. The Kier molecular flexibility index (Phi) is 4.23. The fourth-order valence-corrected chi connectivity index (χ4v) is 3.43. The molecule has 0 atom stereocenters. The molecule has 136 valence electrons. The summed E-state index contributed by atoms with van der Waals surface area (Å²) in [4.78, 5) is 40.1. The van der Waals surface area contributed by atoms with Crippen LogP contribution in [0.3, 0.4) is 0 Å². The quantitative estimate of drug-likeness (QED) is 0.762. The first-order valence-electron chi connectivity index (χ1n) is 8.62. The molecule has 2 saturated heterocycles. The molecule has 0 bridgehead atoms. The number of hydrogen-bond donors (Lipinski definition) is 1. The van der Waals surface area contributed by atoms with Crippen molar-refractivity contribution in [2.75, 3.05) is 31.1 Å². The molecule has 2 aliphatic rings. The lowest BCUT2D eigenvalue weighted by Crippen LogP contribution is -2.56. The highest BCUT2D eigenvalue weighted by atomic mass is 16.2. The summed E-state index contributed by atoms with van der Waals surface area (Å²) in [5.41, 5.74) is 5.34. The number of nitrogens with zero attached hydrogens (tertiary/aromatic N) is 7. The molecule has 2 aliphatic heterocycles. The number of anilines is 1. The summed E-state index contributed by atoms with van der Waals surface area (Å²) in [5.74, 6) is 1.14. The standard InChI is InChI=1S/C16H20N8O2/c17-15(25)11-1-3-22(4-2-11)16(26)12-6-23(7-12)13-5-14(20-9-19-13)24-10-18-8-21-24/h5,8-12H,1-4,6-7H2,(H2,17,25). The molecule has 0 unspecified atom stereocenters. The van der Waals surface area contributed by atoms with E-state index in [2.05, 4.69) is 20.1 Å². The summed E-state index contributed by atoms with van der Waals surface area (Å²) >= 11 is 0. The molecule has 2 amide bonds. The van der Waals surface area contributed by atoms with Gasteiger partial charge in [0, 0.05) is 38.2 Å². The fourth-order valence-electron chi connectivity index (χ4n) is 3.43. The van der Waals surface area contributed by atoms with Gasteiger partial charge in [-0.2, -0.15) is 5.10 Å². The van der Waals surface area contributed by atoms with Gasteiger partial charge in [-0.3, -0.25) is 9.59 Å². The number of rotatable bonds is 4. The lowest BCUT2D eigenvalue weighted by atomic mass is 9.93. The lowest BCUT2D eigenvalue weighted by Gasteiger charge is -2.42. The minimum Gasteiger partial charge on any atom is -0.369 e. The summed E-state index contributed by atoms with van der Waals surface area (Å²) < 4.78 is 1.57. The van der Waals surface area contributed by atoms with Gasteiger partial charge in [-0.05, 0) is 12.8 Å². The maximum atomic E-state index is 12.6. The molecule has 2 aromatic heterocycles. The molecule has 10 heteroatoms. The van der Waals surface area contributed by atoms with E-state index < -0.39 is 0 Å². The van der Waals surface area contributed by atoms with Crippen molar-refractivity contribution in [2.45, 2.75) is 12.8 Å². The molecule has 2 fully saturated rings. The second-order valence-electron chi connectivity index (χ2n) is 6.68. The lowest BCUT2D eigenvalue weighted by molar-refractivity contribution is -0.139. The first-order chi connectivity index (χ1) is 12.6. The van der Waals surface area contributed by atoms with Gasteiger partial charge in [0.25, 0.3) is 0 Å². The highest BCUT2D eigenvalue weighted by molar-refractivity contribution is 5.82. The van der Waals surface area contributed by atoms with E-state index >= 15 is 0 Å². The molecular weight excluding hydrogens is 336 g/mol. The van der Waals surface area contributed by atoms with E-state index in [9.17, 15) is 9.59 Å². The van der Waals surface area contributed by atoms with Crippen LogP contribution in [0.25, 0.3) is 5.82 Å². The zero-order valence-corrected chi connectivity index (χ0v) is 14.2. The summed E-state index contributed by atoms with van der Waals surface area (Å²) in [7, 11) is 0. The zero-order chi connectivity index (χ0) is 18.1. The van der Waals surface area contributed by atoms with Gasteiger partial charge in [0.15, 0.2) is 5.82 Å². The second kappa shape index (κ2) is 6.70. The third-order valence-corrected chi connectivity index (χ3v) is 5.06. The third kappa shape index (κ3) is 3.09. The maximum Gasteiger partial charge on any atom is 0.229 e. The molecule has 2 N–H and O–H groups in total. The SMILES string of the molecule is NC(=O)C1CCN(C(=O)C2CN(c3cc(-n4cncn4)ncn3)C2)CC1. The monoisotopic (exact) mass is 356 g/mol. The number of amides is 2. The Morgan fingerprint density at radius 2 is 1.77 bits per heavy atom. The maximum absolute atomic E-state index is 12.6. The Morgan fingerprint density at radius 1 is 1.04 bits per heavy atom. The predicted octanol–water partition coefficient (Wildman–Crippen LogP) is -0.783. The Hall–Kier alpha value is -3.04. The second-order valence-corrected chi connectivity index (χ2v) is 6.68. The molecule has 0 aliphatic carbocycles. The van der Waals surface area contributed by atoms with Gasteiger partial charge in [0.1, 0.15) is 24.8 Å². The van der Waals surface area contributed by atoms with Crippen molar-refractivity contribution >= 4 is 17.6 Å². The molecule has 0 spiro atoms. The van der Waals surface area contributed by atoms with Crippen molar-refractivity contribution in [1.29, 1.82) is 0 Å². The van der Waals surface area contributed by atoms with Crippen molar-refractivity contribution in [2.24, 2.45) is 17.6 Å². The van der Waals surface area contributed by atoms with Crippen LogP contribution in [0, 0.1) is 11.8 Å². The van der Waals surface area contributed by atoms with Crippen molar-refractivity contribution in [1.82, 2.24) is 29.6 Å². The number of aromatic nitrogens is 5. The van der Waals surface area contributed by atoms with Gasteiger partial charge in [-0.1, -0.05) is 0 Å². The predicted molar refractivity (Wildman–Crippen MR) is 91.2 cm³/mol. The highest BCUT2D eigenvalue weighted by Crippen LogP contribution is 2.26. The number of carbonyl (C=O) groups excluding carboxylic acids is 2. The van der Waals surface area contributed by atoms with Gasteiger partial charge >= 0.3 is 0 Å². The first-order valence-corrected chi connectivity index (χ1v) is 8.62. The molecule has 0 radical (unpaired) electrons. The largest absolute Gasteiger partial charge is 0.369 e. The average molecular weight is 356 g/mol. The Morgan fingerprint density at radius 3 is 2.42 bits per heavy atom. The first kappa shape index (κ1) is 16.4.